The van der Waals surface area contributed by atoms with Crippen LogP contribution in [0.2, 0.25) is 0 Å². The summed E-state index contributed by atoms with van der Waals surface area (Å²) in [6.45, 7) is 11.4. The van der Waals surface area contributed by atoms with Crippen LogP contribution < -0.4 is 4.72 Å². The SMILES string of the molecule is Cc1cc(S(=O)CCCN(C(C)C)C(C)C)ccc1NS(C)(=O)=O.Cl. The molecule has 0 aliphatic carbocycles. The second-order valence-electron chi connectivity index (χ2n) is 6.68. The molecule has 0 aromatic heterocycles. The van der Waals surface area contributed by atoms with E-state index in [9.17, 15) is 12.6 Å². The molecule has 0 amide bonds. The lowest BCUT2D eigenvalue weighted by Crippen LogP contribution is -2.38. The van der Waals surface area contributed by atoms with Crippen molar-refractivity contribution in [1.29, 1.82) is 0 Å². The molecule has 8 heteroatoms. The van der Waals surface area contributed by atoms with Gasteiger partial charge in [0.2, 0.25) is 10.0 Å². The van der Waals surface area contributed by atoms with Gasteiger partial charge in [0, 0.05) is 22.7 Å². The number of halogens is 1. The molecule has 0 saturated heterocycles. The molecule has 1 N–H and O–H groups in total. The molecule has 146 valence electrons. The molecule has 0 heterocycles. The lowest BCUT2D eigenvalue weighted by molar-refractivity contribution is 0.176. The van der Waals surface area contributed by atoms with Crippen molar-refractivity contribution in [3.8, 4) is 0 Å². The van der Waals surface area contributed by atoms with E-state index in [0.717, 1.165) is 29.7 Å². The largest absolute Gasteiger partial charge is 0.299 e. The molecule has 0 saturated carbocycles. The van der Waals surface area contributed by atoms with Gasteiger partial charge in [-0.2, -0.15) is 0 Å². The maximum Gasteiger partial charge on any atom is 0.229 e. The highest BCUT2D eigenvalue weighted by Gasteiger charge is 2.14. The molecule has 1 aromatic carbocycles. The summed E-state index contributed by atoms with van der Waals surface area (Å²) in [5, 5.41) is 0. The minimum Gasteiger partial charge on any atom is -0.299 e. The summed E-state index contributed by atoms with van der Waals surface area (Å²) in [5.41, 5.74) is 1.31. The first-order valence-corrected chi connectivity index (χ1v) is 11.4. The topological polar surface area (TPSA) is 66.5 Å². The average molecular weight is 411 g/mol. The van der Waals surface area contributed by atoms with Gasteiger partial charge in [0.05, 0.1) is 22.7 Å². The van der Waals surface area contributed by atoms with Crippen LogP contribution in [-0.4, -0.2) is 48.2 Å². The maximum atomic E-state index is 12.5. The van der Waals surface area contributed by atoms with Crippen LogP contribution in [0.25, 0.3) is 0 Å². The van der Waals surface area contributed by atoms with E-state index in [4.69, 9.17) is 0 Å². The van der Waals surface area contributed by atoms with Crippen molar-refractivity contribution in [3.05, 3.63) is 23.8 Å². The van der Waals surface area contributed by atoms with E-state index >= 15 is 0 Å². The number of hydrogen-bond acceptors (Lipinski definition) is 4. The van der Waals surface area contributed by atoms with Crippen molar-refractivity contribution in [2.45, 2.75) is 58.0 Å². The van der Waals surface area contributed by atoms with Gasteiger partial charge in [0.1, 0.15) is 0 Å². The van der Waals surface area contributed by atoms with Crippen molar-refractivity contribution < 1.29 is 12.6 Å². The summed E-state index contributed by atoms with van der Waals surface area (Å²) in [7, 11) is -4.38. The zero-order chi connectivity index (χ0) is 18.5. The number of rotatable bonds is 9. The van der Waals surface area contributed by atoms with Crippen molar-refractivity contribution in [1.82, 2.24) is 4.90 Å². The Balaban J connectivity index is 0.00000576. The van der Waals surface area contributed by atoms with Crippen molar-refractivity contribution in [3.63, 3.8) is 0 Å². The second-order valence-corrected chi connectivity index (χ2v) is 10.00. The van der Waals surface area contributed by atoms with Crippen LogP contribution in [-0.2, 0) is 20.8 Å². The fourth-order valence-corrected chi connectivity index (χ4v) is 4.48. The Hall–Kier alpha value is -0.630. The third-order valence-corrected chi connectivity index (χ3v) is 5.86. The summed E-state index contributed by atoms with van der Waals surface area (Å²) in [5.74, 6) is 0.605. The Bertz CT molecular complexity index is 668. The standard InChI is InChI=1S/C17H30N2O3S2.ClH/c1-13(2)19(14(3)4)10-7-11-23(20)16-8-9-17(15(5)12-16)18-24(6,21)22;/h8-9,12-14,18H,7,10-11H2,1-6H3;1H. The number of hydrogen-bond donors (Lipinski definition) is 1. The lowest BCUT2D eigenvalue weighted by atomic mass is 10.2. The monoisotopic (exact) mass is 410 g/mol. The number of sulfonamides is 1. The normalized spacial score (nSPS) is 13.2. The quantitative estimate of drug-likeness (QED) is 0.677. The molecule has 0 aliphatic rings. The maximum absolute atomic E-state index is 12.5. The predicted octanol–water partition coefficient (Wildman–Crippen LogP) is 3.40. The third kappa shape index (κ3) is 8.53. The van der Waals surface area contributed by atoms with Crippen molar-refractivity contribution >= 4 is 38.9 Å². The first kappa shape index (κ1) is 24.4. The van der Waals surface area contributed by atoms with Crippen LogP contribution in [0.3, 0.4) is 0 Å². The van der Waals surface area contributed by atoms with E-state index in [-0.39, 0.29) is 12.4 Å². The number of aryl methyl sites for hydroxylation is 1. The van der Waals surface area contributed by atoms with Gasteiger partial charge in [-0.05, 0) is 71.3 Å². The minimum absolute atomic E-state index is 0. The van der Waals surface area contributed by atoms with E-state index in [0.29, 0.717) is 23.5 Å². The molecule has 5 nitrogen and oxygen atoms in total. The number of benzene rings is 1. The molecule has 1 unspecified atom stereocenters. The first-order valence-electron chi connectivity index (χ1n) is 8.24. The molecule has 25 heavy (non-hydrogen) atoms. The van der Waals surface area contributed by atoms with Crippen LogP contribution in [0.4, 0.5) is 5.69 Å². The molecule has 0 fully saturated rings. The minimum atomic E-state index is -3.30. The number of nitrogens with one attached hydrogen (secondary N) is 1. The van der Waals surface area contributed by atoms with E-state index in [1.165, 1.54) is 0 Å². The van der Waals surface area contributed by atoms with Gasteiger partial charge in [0.15, 0.2) is 0 Å². The molecule has 1 rings (SSSR count). The van der Waals surface area contributed by atoms with Gasteiger partial charge in [0.25, 0.3) is 0 Å². The predicted molar refractivity (Wildman–Crippen MR) is 110 cm³/mol. The molecule has 0 aliphatic heterocycles. The third-order valence-electron chi connectivity index (χ3n) is 3.83. The summed E-state index contributed by atoms with van der Waals surface area (Å²) >= 11 is 0. The smallest absolute Gasteiger partial charge is 0.229 e. The highest BCUT2D eigenvalue weighted by Crippen LogP contribution is 2.20. The second kappa shape index (κ2) is 10.5. The lowest BCUT2D eigenvalue weighted by Gasteiger charge is -2.30. The summed E-state index contributed by atoms with van der Waals surface area (Å²) in [6, 6.07) is 6.16. The highest BCUT2D eigenvalue weighted by molar-refractivity contribution is 7.92. The highest BCUT2D eigenvalue weighted by atomic mass is 35.5. The number of nitrogens with zero attached hydrogens (tertiary/aromatic N) is 1. The fraction of sp³-hybridized carbons (Fsp3) is 0.647. The Morgan fingerprint density at radius 3 is 2.16 bits per heavy atom. The van der Waals surface area contributed by atoms with Crippen LogP contribution in [0.1, 0.15) is 39.7 Å². The first-order chi connectivity index (χ1) is 11.0. The van der Waals surface area contributed by atoms with Gasteiger partial charge < -0.3 is 0 Å². The molecule has 0 radical (unpaired) electrons. The molecule has 1 aromatic rings. The van der Waals surface area contributed by atoms with E-state index < -0.39 is 20.8 Å². The average Bonchev–Trinajstić information content (AvgIpc) is 2.43. The van der Waals surface area contributed by atoms with Crippen LogP contribution in [0, 0.1) is 6.92 Å². The van der Waals surface area contributed by atoms with Crippen LogP contribution >= 0.6 is 12.4 Å². The molecular weight excluding hydrogens is 380 g/mol. The van der Waals surface area contributed by atoms with E-state index in [2.05, 4.69) is 37.3 Å². The molecule has 0 spiro atoms. The summed E-state index contributed by atoms with van der Waals surface area (Å²) in [4.78, 5) is 3.13. The van der Waals surface area contributed by atoms with Crippen LogP contribution in [0.5, 0.6) is 0 Å². The molecule has 1 atom stereocenters. The van der Waals surface area contributed by atoms with Crippen molar-refractivity contribution in [2.75, 3.05) is 23.3 Å². The zero-order valence-electron chi connectivity index (χ0n) is 15.9. The molecule has 0 bridgehead atoms. The Labute approximate surface area is 161 Å². The zero-order valence-corrected chi connectivity index (χ0v) is 18.4. The van der Waals surface area contributed by atoms with E-state index in [1.54, 1.807) is 18.2 Å². The molecular formula is C17H31ClN2O3S2. The van der Waals surface area contributed by atoms with Crippen molar-refractivity contribution in [2.24, 2.45) is 0 Å². The van der Waals surface area contributed by atoms with Gasteiger partial charge in [-0.25, -0.2) is 8.42 Å². The summed E-state index contributed by atoms with van der Waals surface area (Å²) in [6.07, 6.45) is 1.99. The Kier molecular flexibility index (Phi) is 10.2. The van der Waals surface area contributed by atoms with Gasteiger partial charge >= 0.3 is 0 Å². The van der Waals surface area contributed by atoms with E-state index in [1.807, 2.05) is 6.92 Å². The summed E-state index contributed by atoms with van der Waals surface area (Å²) < 4.78 is 37.6. The van der Waals surface area contributed by atoms with Gasteiger partial charge in [-0.3, -0.25) is 13.8 Å². The fourth-order valence-electron chi connectivity index (χ4n) is 2.70. The van der Waals surface area contributed by atoms with Gasteiger partial charge in [-0.15, -0.1) is 12.4 Å². The van der Waals surface area contributed by atoms with Crippen LogP contribution in [0.15, 0.2) is 23.1 Å². The Morgan fingerprint density at radius 1 is 1.16 bits per heavy atom. The van der Waals surface area contributed by atoms with Gasteiger partial charge in [-0.1, -0.05) is 0 Å². The number of anilines is 1. The Morgan fingerprint density at radius 2 is 1.72 bits per heavy atom.